The Morgan fingerprint density at radius 3 is 2.87 bits per heavy atom. The van der Waals surface area contributed by atoms with E-state index in [9.17, 15) is 9.18 Å². The molecular formula is C17H17FN4O. The monoisotopic (exact) mass is 312 g/mol. The Morgan fingerprint density at radius 2 is 2.09 bits per heavy atom. The number of hydrogen-bond donors (Lipinski definition) is 1. The van der Waals surface area contributed by atoms with Crippen molar-refractivity contribution in [2.45, 2.75) is 32.7 Å². The van der Waals surface area contributed by atoms with E-state index in [1.54, 1.807) is 22.9 Å². The maximum absolute atomic E-state index is 14.4. The first kappa shape index (κ1) is 14.1. The lowest BCUT2D eigenvalue weighted by molar-refractivity contribution is -0.118. The molecule has 1 N–H and O–H groups in total. The largest absolute Gasteiger partial charge is 0.328 e. The molecule has 1 aromatic carbocycles. The van der Waals surface area contributed by atoms with E-state index in [2.05, 4.69) is 29.2 Å². The summed E-state index contributed by atoms with van der Waals surface area (Å²) in [7, 11) is 0. The molecule has 0 spiro atoms. The average Bonchev–Trinajstić information content (AvgIpc) is 2.92. The zero-order valence-electron chi connectivity index (χ0n) is 13.0. The molecular weight excluding hydrogens is 295 g/mol. The lowest BCUT2D eigenvalue weighted by Crippen LogP contribution is -2.36. The summed E-state index contributed by atoms with van der Waals surface area (Å²) in [6.07, 6.45) is 2.60. The summed E-state index contributed by atoms with van der Waals surface area (Å²) >= 11 is 0. The second-order valence-electron chi connectivity index (χ2n) is 6.91. The summed E-state index contributed by atoms with van der Waals surface area (Å²) in [5.41, 5.74) is 1.76. The summed E-state index contributed by atoms with van der Waals surface area (Å²) in [6.45, 7) is 4.13. The first-order valence-electron chi connectivity index (χ1n) is 7.63. The van der Waals surface area contributed by atoms with Crippen molar-refractivity contribution in [2.75, 3.05) is 5.32 Å². The molecule has 1 unspecified atom stereocenters. The Morgan fingerprint density at radius 1 is 1.30 bits per heavy atom. The third-order valence-electron chi connectivity index (χ3n) is 4.47. The second kappa shape index (κ2) is 4.75. The van der Waals surface area contributed by atoms with Crippen LogP contribution in [0.15, 0.2) is 41.9 Å². The van der Waals surface area contributed by atoms with Crippen LogP contribution in [-0.2, 0) is 4.79 Å². The van der Waals surface area contributed by atoms with Gasteiger partial charge in [-0.1, -0.05) is 32.0 Å². The number of ketones is 1. The fraction of sp³-hybridized carbons (Fsp3) is 0.353. The standard InChI is InChI=1S/C17H17FN4O/c1-17(2)7-12-14(13(23)8-17)15(10-5-3-4-6-11(10)18)22-16(21-12)19-9-20-22/h3-6,9,15H,7-8H2,1-2H3,(H,19,20,21). The quantitative estimate of drug-likeness (QED) is 0.879. The first-order chi connectivity index (χ1) is 11.0. The zero-order valence-corrected chi connectivity index (χ0v) is 13.0. The van der Waals surface area contributed by atoms with Gasteiger partial charge >= 0.3 is 0 Å². The van der Waals surface area contributed by atoms with Crippen LogP contribution in [0.2, 0.25) is 0 Å². The van der Waals surface area contributed by atoms with Crippen LogP contribution < -0.4 is 5.32 Å². The van der Waals surface area contributed by atoms with Gasteiger partial charge in [-0.3, -0.25) is 4.79 Å². The summed E-state index contributed by atoms with van der Waals surface area (Å²) < 4.78 is 16.0. The van der Waals surface area contributed by atoms with E-state index in [-0.39, 0.29) is 17.0 Å². The van der Waals surface area contributed by atoms with Crippen LogP contribution in [0.1, 0.15) is 38.3 Å². The predicted molar refractivity (Wildman–Crippen MR) is 83.2 cm³/mol. The van der Waals surface area contributed by atoms with Crippen LogP contribution in [0.4, 0.5) is 10.3 Å². The highest BCUT2D eigenvalue weighted by molar-refractivity contribution is 6.00. The molecule has 6 heteroatoms. The highest BCUT2D eigenvalue weighted by atomic mass is 19.1. The Hall–Kier alpha value is -2.50. The topological polar surface area (TPSA) is 59.8 Å². The van der Waals surface area contributed by atoms with Gasteiger partial charge in [-0.2, -0.15) is 10.1 Å². The fourth-order valence-electron chi connectivity index (χ4n) is 3.53. The molecule has 118 valence electrons. The van der Waals surface area contributed by atoms with Gasteiger partial charge in [0, 0.05) is 23.3 Å². The van der Waals surface area contributed by atoms with Crippen molar-refractivity contribution in [3.63, 3.8) is 0 Å². The van der Waals surface area contributed by atoms with Crippen molar-refractivity contribution in [1.82, 2.24) is 14.8 Å². The van der Waals surface area contributed by atoms with Gasteiger partial charge in [0.15, 0.2) is 5.78 Å². The number of carbonyl (C=O) groups is 1. The third kappa shape index (κ3) is 2.17. The third-order valence-corrected chi connectivity index (χ3v) is 4.47. The predicted octanol–water partition coefficient (Wildman–Crippen LogP) is 3.08. The van der Waals surface area contributed by atoms with Gasteiger partial charge in [0.2, 0.25) is 5.95 Å². The number of halogens is 1. The van der Waals surface area contributed by atoms with Crippen molar-refractivity contribution < 1.29 is 9.18 Å². The van der Waals surface area contributed by atoms with E-state index in [1.165, 1.54) is 12.4 Å². The maximum atomic E-state index is 14.4. The number of carbonyl (C=O) groups excluding carboxylic acids is 1. The van der Waals surface area contributed by atoms with Gasteiger partial charge in [0.1, 0.15) is 18.2 Å². The number of aromatic nitrogens is 3. The molecule has 0 saturated carbocycles. The van der Waals surface area contributed by atoms with Crippen molar-refractivity contribution in [1.29, 1.82) is 0 Å². The smallest absolute Gasteiger partial charge is 0.226 e. The number of fused-ring (bicyclic) bond motifs is 1. The number of nitrogens with one attached hydrogen (secondary N) is 1. The zero-order chi connectivity index (χ0) is 16.2. The molecule has 1 aromatic heterocycles. The summed E-state index contributed by atoms with van der Waals surface area (Å²) in [6, 6.07) is 5.96. The highest BCUT2D eigenvalue weighted by Crippen LogP contribution is 2.45. The minimum absolute atomic E-state index is 0.0400. The molecule has 0 fully saturated rings. The minimum atomic E-state index is -0.562. The Balaban J connectivity index is 1.94. The van der Waals surface area contributed by atoms with Gasteiger partial charge in [0.25, 0.3) is 0 Å². The molecule has 2 aromatic rings. The lowest BCUT2D eigenvalue weighted by atomic mass is 9.73. The Labute approximate surface area is 133 Å². The second-order valence-corrected chi connectivity index (χ2v) is 6.91. The van der Waals surface area contributed by atoms with E-state index in [0.717, 1.165) is 12.1 Å². The van der Waals surface area contributed by atoms with E-state index in [4.69, 9.17) is 0 Å². The Kier molecular flexibility index (Phi) is 2.91. The van der Waals surface area contributed by atoms with Gasteiger partial charge in [-0.25, -0.2) is 9.07 Å². The van der Waals surface area contributed by atoms with Gasteiger partial charge in [-0.05, 0) is 17.9 Å². The van der Waals surface area contributed by atoms with Crippen LogP contribution in [0.3, 0.4) is 0 Å². The van der Waals surface area contributed by atoms with E-state index >= 15 is 0 Å². The number of anilines is 1. The highest BCUT2D eigenvalue weighted by Gasteiger charge is 2.42. The molecule has 0 radical (unpaired) electrons. The molecule has 2 aliphatic rings. The normalized spacial score (nSPS) is 22.4. The number of allylic oxidation sites excluding steroid dienone is 2. The molecule has 0 bridgehead atoms. The van der Waals surface area contributed by atoms with Crippen LogP contribution in [0, 0.1) is 11.2 Å². The molecule has 0 amide bonds. The van der Waals surface area contributed by atoms with Gasteiger partial charge < -0.3 is 5.32 Å². The number of Topliss-reactive ketones (excluding diaryl/α,β-unsaturated/α-hetero) is 1. The molecule has 1 atom stereocenters. The molecule has 1 aliphatic carbocycles. The van der Waals surface area contributed by atoms with Crippen LogP contribution in [0.5, 0.6) is 0 Å². The SMILES string of the molecule is CC1(C)CC(=O)C2=C(C1)Nc1ncnn1C2c1ccccc1F. The molecule has 1 aliphatic heterocycles. The average molecular weight is 312 g/mol. The number of benzene rings is 1. The molecule has 2 heterocycles. The summed E-state index contributed by atoms with van der Waals surface area (Å²) in [5, 5.41) is 7.42. The molecule has 23 heavy (non-hydrogen) atoms. The van der Waals surface area contributed by atoms with E-state index in [1.807, 2.05) is 0 Å². The summed E-state index contributed by atoms with van der Waals surface area (Å²) in [5.74, 6) is 0.242. The van der Waals surface area contributed by atoms with Crippen molar-refractivity contribution in [3.8, 4) is 0 Å². The van der Waals surface area contributed by atoms with Crippen LogP contribution >= 0.6 is 0 Å². The van der Waals surface area contributed by atoms with Crippen LogP contribution in [-0.4, -0.2) is 20.5 Å². The number of hydrogen-bond acceptors (Lipinski definition) is 4. The van der Waals surface area contributed by atoms with E-state index in [0.29, 0.717) is 23.5 Å². The van der Waals surface area contributed by atoms with E-state index < -0.39 is 6.04 Å². The summed E-state index contributed by atoms with van der Waals surface area (Å²) in [4.78, 5) is 17.0. The van der Waals surface area contributed by atoms with Crippen LogP contribution in [0.25, 0.3) is 0 Å². The van der Waals surface area contributed by atoms with Gasteiger partial charge in [0.05, 0.1) is 0 Å². The number of nitrogens with zero attached hydrogens (tertiary/aromatic N) is 3. The van der Waals surface area contributed by atoms with Gasteiger partial charge in [-0.15, -0.1) is 0 Å². The van der Waals surface area contributed by atoms with Crippen molar-refractivity contribution >= 4 is 11.7 Å². The minimum Gasteiger partial charge on any atom is -0.328 e. The first-order valence-corrected chi connectivity index (χ1v) is 7.63. The molecule has 0 saturated heterocycles. The lowest BCUT2D eigenvalue weighted by Gasteiger charge is -2.38. The number of rotatable bonds is 1. The molecule has 5 nitrogen and oxygen atoms in total. The maximum Gasteiger partial charge on any atom is 0.226 e. The van der Waals surface area contributed by atoms with Crippen molar-refractivity contribution in [3.05, 3.63) is 53.2 Å². The Bertz CT molecular complexity index is 837. The molecule has 4 rings (SSSR count). The fourth-order valence-corrected chi connectivity index (χ4v) is 3.53. The van der Waals surface area contributed by atoms with Crippen molar-refractivity contribution in [2.24, 2.45) is 5.41 Å².